The minimum Gasteiger partial charge on any atom is -0.472 e. The van der Waals surface area contributed by atoms with Crippen LogP contribution in [-0.4, -0.2) is 32.7 Å². The SMILES string of the molecule is CC[Si](CC)(CC)OC(C)(C)c1ccn2c(-c3ccnc(-c4ccoc4)n3)cnc2n1. The maximum atomic E-state index is 6.77. The molecular weight excluding hydrogens is 406 g/mol. The first-order valence-electron chi connectivity index (χ1n) is 10.8. The summed E-state index contributed by atoms with van der Waals surface area (Å²) < 4.78 is 13.9. The molecule has 0 amide bonds. The first kappa shape index (κ1) is 21.4. The second-order valence-corrected chi connectivity index (χ2v) is 13.0. The molecule has 0 saturated heterocycles. The predicted octanol–water partition coefficient (Wildman–Crippen LogP) is 5.70. The number of hydrogen-bond donors (Lipinski definition) is 0. The monoisotopic (exact) mass is 435 g/mol. The normalized spacial score (nSPS) is 12.5. The fourth-order valence-electron chi connectivity index (χ4n) is 3.99. The molecule has 0 aliphatic rings. The lowest BCUT2D eigenvalue weighted by Crippen LogP contribution is -2.43. The van der Waals surface area contributed by atoms with Crippen LogP contribution in [0.4, 0.5) is 0 Å². The van der Waals surface area contributed by atoms with Crippen LogP contribution in [-0.2, 0) is 10.0 Å². The Morgan fingerprint density at radius 3 is 2.48 bits per heavy atom. The second-order valence-electron chi connectivity index (χ2n) is 8.26. The predicted molar refractivity (Wildman–Crippen MR) is 123 cm³/mol. The van der Waals surface area contributed by atoms with Crippen molar-refractivity contribution >= 4 is 14.1 Å². The molecule has 0 radical (unpaired) electrons. The summed E-state index contributed by atoms with van der Waals surface area (Å²) in [4.78, 5) is 18.4. The molecule has 0 saturated carbocycles. The van der Waals surface area contributed by atoms with E-state index in [0.29, 0.717) is 11.6 Å². The molecule has 31 heavy (non-hydrogen) atoms. The molecule has 0 unspecified atom stereocenters. The van der Waals surface area contributed by atoms with Crippen molar-refractivity contribution in [2.24, 2.45) is 0 Å². The average Bonchev–Trinajstić information content (AvgIpc) is 3.47. The standard InChI is InChI=1S/C23H29N5O2Si/c1-6-31(7-2,8-3)30-23(4,5)20-10-13-28-19(15-25-22(28)27-20)18-9-12-24-21(26-18)17-11-14-29-16-17/h9-16H,6-8H2,1-5H3. The van der Waals surface area contributed by atoms with Crippen molar-refractivity contribution in [1.29, 1.82) is 0 Å². The molecule has 0 aliphatic carbocycles. The van der Waals surface area contributed by atoms with Gasteiger partial charge in [-0.3, -0.25) is 4.40 Å². The molecule has 4 heterocycles. The van der Waals surface area contributed by atoms with Crippen LogP contribution in [0.5, 0.6) is 0 Å². The van der Waals surface area contributed by atoms with Crippen LogP contribution < -0.4 is 0 Å². The van der Waals surface area contributed by atoms with Crippen molar-refractivity contribution in [2.75, 3.05) is 0 Å². The van der Waals surface area contributed by atoms with Crippen molar-refractivity contribution in [3.63, 3.8) is 0 Å². The third-order valence-electron chi connectivity index (χ3n) is 6.10. The minimum absolute atomic E-state index is 0.467. The van der Waals surface area contributed by atoms with Crippen molar-refractivity contribution in [3.8, 4) is 22.8 Å². The van der Waals surface area contributed by atoms with E-state index in [2.05, 4.69) is 49.6 Å². The number of hydrogen-bond acceptors (Lipinski definition) is 6. The highest BCUT2D eigenvalue weighted by atomic mass is 28.4. The van der Waals surface area contributed by atoms with E-state index in [1.807, 2.05) is 28.8 Å². The fourth-order valence-corrected chi connectivity index (χ4v) is 7.11. The van der Waals surface area contributed by atoms with E-state index < -0.39 is 13.9 Å². The van der Waals surface area contributed by atoms with Gasteiger partial charge in [0.2, 0.25) is 5.78 Å². The van der Waals surface area contributed by atoms with Crippen molar-refractivity contribution in [2.45, 2.75) is 58.4 Å². The molecule has 162 valence electrons. The van der Waals surface area contributed by atoms with Gasteiger partial charge in [0.05, 0.1) is 40.7 Å². The highest BCUT2D eigenvalue weighted by Crippen LogP contribution is 2.33. The Hall–Kier alpha value is -2.84. The third-order valence-corrected chi connectivity index (χ3v) is 10.9. The van der Waals surface area contributed by atoms with Gasteiger partial charge in [-0.2, -0.15) is 0 Å². The van der Waals surface area contributed by atoms with E-state index in [1.165, 1.54) is 0 Å². The largest absolute Gasteiger partial charge is 0.472 e. The van der Waals surface area contributed by atoms with Gasteiger partial charge in [0.15, 0.2) is 14.1 Å². The number of aromatic nitrogens is 5. The minimum atomic E-state index is -1.78. The molecule has 0 atom stereocenters. The van der Waals surface area contributed by atoms with Crippen LogP contribution in [0.2, 0.25) is 18.1 Å². The summed E-state index contributed by atoms with van der Waals surface area (Å²) in [5, 5.41) is 0. The molecule has 8 heteroatoms. The second kappa shape index (κ2) is 8.36. The Morgan fingerprint density at radius 1 is 1.03 bits per heavy atom. The lowest BCUT2D eigenvalue weighted by molar-refractivity contribution is 0.0894. The maximum Gasteiger partial charge on any atom is 0.234 e. The Bertz CT molecular complexity index is 1160. The summed E-state index contributed by atoms with van der Waals surface area (Å²) in [5.41, 5.74) is 2.90. The smallest absolute Gasteiger partial charge is 0.234 e. The Balaban J connectivity index is 1.68. The summed E-state index contributed by atoms with van der Waals surface area (Å²) >= 11 is 0. The van der Waals surface area contributed by atoms with E-state index in [1.54, 1.807) is 24.9 Å². The van der Waals surface area contributed by atoms with Gasteiger partial charge in [-0.1, -0.05) is 20.8 Å². The van der Waals surface area contributed by atoms with Crippen LogP contribution in [0.15, 0.2) is 53.7 Å². The molecule has 4 aromatic rings. The number of furan rings is 1. The first-order chi connectivity index (χ1) is 14.9. The van der Waals surface area contributed by atoms with Crippen LogP contribution in [0.3, 0.4) is 0 Å². The Morgan fingerprint density at radius 2 is 1.81 bits per heavy atom. The van der Waals surface area contributed by atoms with Crippen LogP contribution >= 0.6 is 0 Å². The van der Waals surface area contributed by atoms with Gasteiger partial charge in [-0.15, -0.1) is 0 Å². The lowest BCUT2D eigenvalue weighted by Gasteiger charge is -2.37. The first-order valence-corrected chi connectivity index (χ1v) is 13.3. The van der Waals surface area contributed by atoms with Crippen molar-refractivity contribution in [1.82, 2.24) is 24.3 Å². The number of imidazole rings is 1. The number of rotatable bonds is 8. The Labute approximate surface area is 183 Å². The summed E-state index contributed by atoms with van der Waals surface area (Å²) in [7, 11) is -1.78. The highest BCUT2D eigenvalue weighted by Gasteiger charge is 2.37. The van der Waals surface area contributed by atoms with Gasteiger partial charge in [0.1, 0.15) is 6.26 Å². The molecule has 0 aliphatic heterocycles. The summed E-state index contributed by atoms with van der Waals surface area (Å²) in [6.07, 6.45) is 8.79. The summed E-state index contributed by atoms with van der Waals surface area (Å²) in [5.74, 6) is 1.24. The molecule has 4 aromatic heterocycles. The van der Waals surface area contributed by atoms with Crippen molar-refractivity contribution < 1.29 is 8.84 Å². The number of fused-ring (bicyclic) bond motifs is 1. The van der Waals surface area contributed by atoms with Crippen LogP contribution in [0.1, 0.15) is 40.3 Å². The molecule has 0 spiro atoms. The van der Waals surface area contributed by atoms with Crippen LogP contribution in [0, 0.1) is 0 Å². The van der Waals surface area contributed by atoms with Gasteiger partial charge >= 0.3 is 0 Å². The number of nitrogens with zero attached hydrogens (tertiary/aromatic N) is 5. The molecule has 0 bridgehead atoms. The maximum absolute atomic E-state index is 6.77. The van der Waals surface area contributed by atoms with Crippen molar-refractivity contribution in [3.05, 3.63) is 55.0 Å². The zero-order chi connectivity index (χ0) is 22.1. The topological polar surface area (TPSA) is 78.3 Å². The van der Waals surface area contributed by atoms with E-state index in [0.717, 1.165) is 40.8 Å². The highest BCUT2D eigenvalue weighted by molar-refractivity contribution is 6.73. The zero-order valence-electron chi connectivity index (χ0n) is 18.8. The van der Waals surface area contributed by atoms with Gasteiger partial charge in [-0.25, -0.2) is 19.9 Å². The van der Waals surface area contributed by atoms with Gasteiger partial charge in [0.25, 0.3) is 0 Å². The molecular formula is C23H29N5O2Si. The molecule has 4 rings (SSSR count). The van der Waals surface area contributed by atoms with Gasteiger partial charge < -0.3 is 8.84 Å². The zero-order valence-corrected chi connectivity index (χ0v) is 19.8. The quantitative estimate of drug-likeness (QED) is 0.330. The molecule has 0 fully saturated rings. The summed E-state index contributed by atoms with van der Waals surface area (Å²) in [6, 6.07) is 9.05. The average molecular weight is 436 g/mol. The molecule has 7 nitrogen and oxygen atoms in total. The Kier molecular flexibility index (Phi) is 5.77. The fraction of sp³-hybridized carbons (Fsp3) is 0.391. The van der Waals surface area contributed by atoms with E-state index in [9.17, 15) is 0 Å². The molecule has 0 aromatic carbocycles. The van der Waals surface area contributed by atoms with Gasteiger partial charge in [-0.05, 0) is 50.2 Å². The third kappa shape index (κ3) is 4.05. The summed E-state index contributed by atoms with van der Waals surface area (Å²) in [6.45, 7) is 10.9. The molecule has 0 N–H and O–H groups in total. The van der Waals surface area contributed by atoms with E-state index >= 15 is 0 Å². The van der Waals surface area contributed by atoms with E-state index in [-0.39, 0.29) is 0 Å². The van der Waals surface area contributed by atoms with E-state index in [4.69, 9.17) is 13.8 Å². The van der Waals surface area contributed by atoms with Crippen LogP contribution in [0.25, 0.3) is 28.6 Å². The van der Waals surface area contributed by atoms with Gasteiger partial charge in [0, 0.05) is 12.4 Å². The lowest BCUT2D eigenvalue weighted by atomic mass is 10.1.